The fourth-order valence-corrected chi connectivity index (χ4v) is 2.01. The number of carbonyl (C=O) groups is 1. The maximum Gasteiger partial charge on any atom is 0.339 e. The van der Waals surface area contributed by atoms with Gasteiger partial charge in [-0.25, -0.2) is 14.3 Å². The molecule has 106 valence electrons. The topological polar surface area (TPSA) is 97.0 Å². The minimum Gasteiger partial charge on any atom is -0.504 e. The molecule has 0 aliphatic carbocycles. The van der Waals surface area contributed by atoms with Gasteiger partial charge in [0.25, 0.3) is 0 Å². The van der Waals surface area contributed by atoms with Crippen molar-refractivity contribution in [2.45, 2.75) is 0 Å². The number of aromatic hydroxyl groups is 1. The van der Waals surface area contributed by atoms with Gasteiger partial charge in [0.05, 0.1) is 7.11 Å². The first-order chi connectivity index (χ1) is 10.1. The SMILES string of the molecule is COc1cc(-c2nc3c(C(=O)O)cccn3n2)ccc1O. The Kier molecular flexibility index (Phi) is 2.94. The molecule has 0 saturated carbocycles. The fourth-order valence-electron chi connectivity index (χ4n) is 2.01. The molecule has 0 aliphatic rings. The molecule has 0 unspecified atom stereocenters. The lowest BCUT2D eigenvalue weighted by atomic mass is 10.2. The standard InChI is InChI=1S/C14H11N3O4/c1-21-11-7-8(4-5-10(11)18)12-15-13-9(14(19)20)3-2-6-17(13)16-12/h2-7,18H,1H3,(H,19,20). The minimum absolute atomic E-state index is 0.0104. The lowest BCUT2D eigenvalue weighted by molar-refractivity contribution is 0.0698. The summed E-state index contributed by atoms with van der Waals surface area (Å²) < 4.78 is 6.44. The average molecular weight is 285 g/mol. The van der Waals surface area contributed by atoms with Gasteiger partial charge in [-0.1, -0.05) is 0 Å². The van der Waals surface area contributed by atoms with E-state index < -0.39 is 5.97 Å². The van der Waals surface area contributed by atoms with Crippen LogP contribution in [-0.4, -0.2) is 37.9 Å². The van der Waals surface area contributed by atoms with E-state index in [0.29, 0.717) is 17.1 Å². The minimum atomic E-state index is -1.07. The predicted octanol–water partition coefficient (Wildman–Crippen LogP) is 1.81. The van der Waals surface area contributed by atoms with Gasteiger partial charge in [-0.15, -0.1) is 5.10 Å². The molecular weight excluding hydrogens is 274 g/mol. The Hall–Kier alpha value is -3.09. The van der Waals surface area contributed by atoms with E-state index in [9.17, 15) is 9.90 Å². The van der Waals surface area contributed by atoms with Gasteiger partial charge in [-0.05, 0) is 30.3 Å². The molecule has 0 atom stereocenters. The highest BCUT2D eigenvalue weighted by molar-refractivity contribution is 5.94. The summed E-state index contributed by atoms with van der Waals surface area (Å²) in [7, 11) is 1.44. The number of fused-ring (bicyclic) bond motifs is 1. The molecule has 0 fully saturated rings. The number of hydrogen-bond donors (Lipinski definition) is 2. The van der Waals surface area contributed by atoms with Crippen molar-refractivity contribution < 1.29 is 19.7 Å². The number of pyridine rings is 1. The predicted molar refractivity (Wildman–Crippen MR) is 73.6 cm³/mol. The number of hydrogen-bond acceptors (Lipinski definition) is 5. The zero-order valence-electron chi connectivity index (χ0n) is 11.0. The normalized spacial score (nSPS) is 10.7. The van der Waals surface area contributed by atoms with E-state index >= 15 is 0 Å². The third kappa shape index (κ3) is 2.14. The molecule has 1 aromatic carbocycles. The third-order valence-electron chi connectivity index (χ3n) is 3.03. The van der Waals surface area contributed by atoms with Crippen LogP contribution in [0.3, 0.4) is 0 Å². The van der Waals surface area contributed by atoms with E-state index in [2.05, 4.69) is 10.1 Å². The number of nitrogens with zero attached hydrogens (tertiary/aromatic N) is 3. The van der Waals surface area contributed by atoms with E-state index in [0.717, 1.165) is 0 Å². The van der Waals surface area contributed by atoms with Gasteiger partial charge in [0.1, 0.15) is 5.56 Å². The van der Waals surface area contributed by atoms with E-state index in [1.165, 1.54) is 23.8 Å². The van der Waals surface area contributed by atoms with Crippen LogP contribution < -0.4 is 4.74 Å². The van der Waals surface area contributed by atoms with Crippen LogP contribution in [0.4, 0.5) is 0 Å². The number of aromatic carboxylic acids is 1. The summed E-state index contributed by atoms with van der Waals surface area (Å²) in [6, 6.07) is 7.75. The summed E-state index contributed by atoms with van der Waals surface area (Å²) in [4.78, 5) is 15.4. The number of carboxylic acids is 1. The van der Waals surface area contributed by atoms with Crippen molar-refractivity contribution in [1.29, 1.82) is 0 Å². The largest absolute Gasteiger partial charge is 0.504 e. The Morgan fingerprint density at radius 3 is 2.86 bits per heavy atom. The molecule has 7 nitrogen and oxygen atoms in total. The van der Waals surface area contributed by atoms with Crippen molar-refractivity contribution in [3.63, 3.8) is 0 Å². The van der Waals surface area contributed by atoms with Crippen LogP contribution >= 0.6 is 0 Å². The van der Waals surface area contributed by atoms with E-state index in [4.69, 9.17) is 9.84 Å². The molecule has 21 heavy (non-hydrogen) atoms. The Morgan fingerprint density at radius 2 is 2.14 bits per heavy atom. The summed E-state index contributed by atoms with van der Waals surface area (Å²) in [6.45, 7) is 0. The molecule has 0 radical (unpaired) electrons. The van der Waals surface area contributed by atoms with Crippen molar-refractivity contribution in [2.75, 3.05) is 7.11 Å². The molecule has 2 N–H and O–H groups in total. The van der Waals surface area contributed by atoms with Crippen LogP contribution in [-0.2, 0) is 0 Å². The smallest absolute Gasteiger partial charge is 0.339 e. The van der Waals surface area contributed by atoms with Gasteiger partial charge in [0, 0.05) is 11.8 Å². The zero-order chi connectivity index (χ0) is 15.0. The average Bonchev–Trinajstić information content (AvgIpc) is 2.91. The molecule has 0 amide bonds. The second-order valence-corrected chi connectivity index (χ2v) is 4.32. The van der Waals surface area contributed by atoms with Crippen LogP contribution in [0.1, 0.15) is 10.4 Å². The van der Waals surface area contributed by atoms with E-state index in [1.807, 2.05) is 0 Å². The zero-order valence-corrected chi connectivity index (χ0v) is 11.0. The van der Waals surface area contributed by atoms with Crippen LogP contribution in [0.5, 0.6) is 11.5 Å². The van der Waals surface area contributed by atoms with Gasteiger partial charge in [0.2, 0.25) is 0 Å². The summed E-state index contributed by atoms with van der Waals surface area (Å²) in [5.74, 6) is -0.411. The molecule has 7 heteroatoms. The first-order valence-electron chi connectivity index (χ1n) is 6.06. The van der Waals surface area contributed by atoms with Gasteiger partial charge in [-0.3, -0.25) is 0 Å². The highest BCUT2D eigenvalue weighted by atomic mass is 16.5. The third-order valence-corrected chi connectivity index (χ3v) is 3.03. The number of carboxylic acid groups (broad SMARTS) is 1. The Morgan fingerprint density at radius 1 is 1.33 bits per heavy atom. The monoisotopic (exact) mass is 285 g/mol. The number of ether oxygens (including phenoxy) is 1. The Balaban J connectivity index is 2.17. The molecule has 3 aromatic rings. The van der Waals surface area contributed by atoms with Crippen molar-refractivity contribution in [3.8, 4) is 22.9 Å². The summed E-state index contributed by atoms with van der Waals surface area (Å²) >= 11 is 0. The second kappa shape index (κ2) is 4.78. The number of phenols is 1. The maximum absolute atomic E-state index is 11.2. The van der Waals surface area contributed by atoms with Gasteiger partial charge in [-0.2, -0.15) is 0 Å². The number of phenolic OH excluding ortho intramolecular Hbond substituents is 1. The Bertz CT molecular complexity index is 841. The van der Waals surface area contributed by atoms with Crippen molar-refractivity contribution in [3.05, 3.63) is 42.1 Å². The highest BCUT2D eigenvalue weighted by Crippen LogP contribution is 2.30. The molecular formula is C14H11N3O4. The lowest BCUT2D eigenvalue weighted by Gasteiger charge is -2.03. The lowest BCUT2D eigenvalue weighted by Crippen LogP contribution is -2.00. The number of aromatic nitrogens is 3. The quantitative estimate of drug-likeness (QED) is 0.761. The van der Waals surface area contributed by atoms with Gasteiger partial charge in [0.15, 0.2) is 23.0 Å². The summed E-state index contributed by atoms with van der Waals surface area (Å²) in [5, 5.41) is 23.0. The molecule has 2 aromatic heterocycles. The van der Waals surface area contributed by atoms with Gasteiger partial charge < -0.3 is 14.9 Å². The van der Waals surface area contributed by atoms with E-state index in [1.54, 1.807) is 24.4 Å². The number of methoxy groups -OCH3 is 1. The van der Waals surface area contributed by atoms with Gasteiger partial charge >= 0.3 is 5.97 Å². The Labute approximate surface area is 119 Å². The second-order valence-electron chi connectivity index (χ2n) is 4.32. The van der Waals surface area contributed by atoms with Crippen molar-refractivity contribution in [2.24, 2.45) is 0 Å². The van der Waals surface area contributed by atoms with Crippen LogP contribution in [0.25, 0.3) is 17.0 Å². The van der Waals surface area contributed by atoms with Crippen molar-refractivity contribution >= 4 is 11.6 Å². The van der Waals surface area contributed by atoms with Crippen LogP contribution in [0.2, 0.25) is 0 Å². The maximum atomic E-state index is 11.2. The molecule has 3 rings (SSSR count). The molecule has 0 spiro atoms. The summed E-state index contributed by atoms with van der Waals surface area (Å²) in [5.41, 5.74) is 0.943. The van der Waals surface area contributed by atoms with Crippen LogP contribution in [0, 0.1) is 0 Å². The fraction of sp³-hybridized carbons (Fsp3) is 0.0714. The van der Waals surface area contributed by atoms with E-state index in [-0.39, 0.29) is 17.0 Å². The summed E-state index contributed by atoms with van der Waals surface area (Å²) in [6.07, 6.45) is 1.62. The molecule has 0 saturated heterocycles. The first-order valence-corrected chi connectivity index (χ1v) is 6.06. The highest BCUT2D eigenvalue weighted by Gasteiger charge is 2.15. The van der Waals surface area contributed by atoms with Crippen LogP contribution in [0.15, 0.2) is 36.5 Å². The molecule has 0 aliphatic heterocycles. The number of rotatable bonds is 3. The van der Waals surface area contributed by atoms with Crippen molar-refractivity contribution in [1.82, 2.24) is 14.6 Å². The number of benzene rings is 1. The molecule has 0 bridgehead atoms. The first kappa shape index (κ1) is 12.9. The molecule has 2 heterocycles.